The minimum atomic E-state index is 0.0676. The van der Waals surface area contributed by atoms with Crippen molar-refractivity contribution in [3.8, 4) is 0 Å². The Morgan fingerprint density at radius 3 is 2.52 bits per heavy atom. The van der Waals surface area contributed by atoms with E-state index in [0.717, 1.165) is 58.1 Å². The summed E-state index contributed by atoms with van der Waals surface area (Å²) in [7, 11) is 0. The van der Waals surface area contributed by atoms with E-state index in [1.807, 2.05) is 0 Å². The average molecular weight is 368 g/mol. The van der Waals surface area contributed by atoms with E-state index in [1.165, 1.54) is 30.6 Å². The summed E-state index contributed by atoms with van der Waals surface area (Å²) < 4.78 is 14.0. The first-order valence-corrected chi connectivity index (χ1v) is 10.5. The highest BCUT2D eigenvalue weighted by Gasteiger charge is 2.60. The summed E-state index contributed by atoms with van der Waals surface area (Å²) >= 11 is 0. The fourth-order valence-electron chi connectivity index (χ4n) is 6.27. The topological polar surface area (TPSA) is 42.8 Å². The maximum atomic E-state index is 5.71. The molecule has 0 N–H and O–H groups in total. The molecule has 0 radical (unpaired) electrons. The lowest BCUT2D eigenvalue weighted by molar-refractivity contribution is -0.0821. The first kappa shape index (κ1) is 16.5. The van der Waals surface area contributed by atoms with Gasteiger partial charge in [0.15, 0.2) is 0 Å². The molecule has 1 saturated carbocycles. The third-order valence-electron chi connectivity index (χ3n) is 7.27. The molecule has 0 bridgehead atoms. The number of ether oxygens (including phenoxy) is 2. The van der Waals surface area contributed by atoms with Crippen molar-refractivity contribution in [3.63, 3.8) is 0 Å². The fraction of sp³-hybridized carbons (Fsp3) is 0.667. The van der Waals surface area contributed by atoms with Gasteiger partial charge in [-0.15, -0.1) is 0 Å². The molecule has 3 atom stereocenters. The first-order chi connectivity index (χ1) is 13.4. The van der Waals surface area contributed by atoms with Gasteiger partial charge in [0.25, 0.3) is 0 Å². The second-order valence-electron chi connectivity index (χ2n) is 8.36. The van der Waals surface area contributed by atoms with Gasteiger partial charge in [0.05, 0.1) is 43.5 Å². The zero-order valence-electron chi connectivity index (χ0n) is 15.8. The van der Waals surface area contributed by atoms with E-state index in [2.05, 4.69) is 38.6 Å². The van der Waals surface area contributed by atoms with Gasteiger partial charge in [-0.1, -0.05) is 12.1 Å². The van der Waals surface area contributed by atoms with Gasteiger partial charge in [0.2, 0.25) is 0 Å². The van der Waals surface area contributed by atoms with Crippen LogP contribution in [-0.4, -0.2) is 72.0 Å². The van der Waals surface area contributed by atoms with Crippen molar-refractivity contribution in [2.45, 2.75) is 31.0 Å². The second-order valence-corrected chi connectivity index (χ2v) is 8.36. The molecule has 1 aliphatic carbocycles. The molecule has 3 fully saturated rings. The summed E-state index contributed by atoms with van der Waals surface area (Å²) in [5, 5.41) is 0. The van der Waals surface area contributed by atoms with Crippen LogP contribution in [0.5, 0.6) is 0 Å². The number of nitrogens with zero attached hydrogens (tertiary/aromatic N) is 4. The van der Waals surface area contributed by atoms with Crippen molar-refractivity contribution in [2.24, 2.45) is 5.92 Å². The largest absolute Gasteiger partial charge is 0.379 e. The molecule has 4 aliphatic rings. The molecule has 4 heterocycles. The van der Waals surface area contributed by atoms with Crippen LogP contribution < -0.4 is 0 Å². The van der Waals surface area contributed by atoms with Crippen LogP contribution in [0.3, 0.4) is 0 Å². The second kappa shape index (κ2) is 6.27. The lowest BCUT2D eigenvalue weighted by atomic mass is 9.89. The van der Waals surface area contributed by atoms with Gasteiger partial charge in [0, 0.05) is 32.1 Å². The molecule has 6 rings (SSSR count). The Bertz CT molecular complexity index is 840. The minimum absolute atomic E-state index is 0.0676. The number of fused-ring (bicyclic) bond motifs is 5. The summed E-state index contributed by atoms with van der Waals surface area (Å²) in [4.78, 5) is 10.6. The summed E-state index contributed by atoms with van der Waals surface area (Å²) in [5.74, 6) is 1.90. The number of benzene rings is 1. The number of morpholine rings is 2. The molecule has 144 valence electrons. The normalized spacial score (nSPS) is 34.8. The van der Waals surface area contributed by atoms with E-state index in [-0.39, 0.29) is 5.66 Å². The van der Waals surface area contributed by atoms with E-state index in [4.69, 9.17) is 14.5 Å². The summed E-state index contributed by atoms with van der Waals surface area (Å²) in [5.41, 5.74) is 2.52. The molecule has 3 aliphatic heterocycles. The van der Waals surface area contributed by atoms with Gasteiger partial charge in [-0.25, -0.2) is 4.98 Å². The van der Waals surface area contributed by atoms with Crippen LogP contribution >= 0.6 is 0 Å². The van der Waals surface area contributed by atoms with Crippen molar-refractivity contribution in [2.75, 3.05) is 52.6 Å². The van der Waals surface area contributed by atoms with E-state index in [1.54, 1.807) is 0 Å². The highest BCUT2D eigenvalue weighted by molar-refractivity contribution is 5.77. The molecule has 0 unspecified atom stereocenters. The Labute approximate surface area is 160 Å². The van der Waals surface area contributed by atoms with E-state index in [9.17, 15) is 0 Å². The Morgan fingerprint density at radius 2 is 1.70 bits per heavy atom. The van der Waals surface area contributed by atoms with Gasteiger partial charge < -0.3 is 14.0 Å². The number of imidazole rings is 1. The fourth-order valence-corrected chi connectivity index (χ4v) is 6.27. The highest BCUT2D eigenvalue weighted by Crippen LogP contribution is 2.58. The van der Waals surface area contributed by atoms with Crippen LogP contribution in [0.25, 0.3) is 11.0 Å². The van der Waals surface area contributed by atoms with Gasteiger partial charge >= 0.3 is 0 Å². The van der Waals surface area contributed by atoms with Gasteiger partial charge in [-0.05, 0) is 31.4 Å². The zero-order chi connectivity index (χ0) is 17.8. The molecule has 27 heavy (non-hydrogen) atoms. The monoisotopic (exact) mass is 368 g/mol. The lowest BCUT2D eigenvalue weighted by Gasteiger charge is -2.46. The number of para-hydroxylation sites is 2. The summed E-state index contributed by atoms with van der Waals surface area (Å²) in [6.45, 7) is 7.46. The van der Waals surface area contributed by atoms with Gasteiger partial charge in [-0.3, -0.25) is 9.80 Å². The van der Waals surface area contributed by atoms with Crippen LogP contribution in [0.4, 0.5) is 0 Å². The molecule has 1 aromatic heterocycles. The highest BCUT2D eigenvalue weighted by atomic mass is 16.5. The molecule has 6 nitrogen and oxygen atoms in total. The molecule has 1 aromatic carbocycles. The van der Waals surface area contributed by atoms with Gasteiger partial charge in [0.1, 0.15) is 11.5 Å². The Kier molecular flexibility index (Phi) is 3.83. The third-order valence-corrected chi connectivity index (χ3v) is 7.27. The van der Waals surface area contributed by atoms with Crippen molar-refractivity contribution < 1.29 is 9.47 Å². The molecule has 0 spiro atoms. The molecule has 6 heteroatoms. The van der Waals surface area contributed by atoms with Crippen molar-refractivity contribution in [1.29, 1.82) is 0 Å². The van der Waals surface area contributed by atoms with Crippen molar-refractivity contribution >= 4 is 11.0 Å². The number of aromatic nitrogens is 2. The Morgan fingerprint density at radius 1 is 0.963 bits per heavy atom. The molecular weight excluding hydrogens is 340 g/mol. The van der Waals surface area contributed by atoms with Crippen LogP contribution in [0.15, 0.2) is 24.3 Å². The molecular formula is C21H28N4O2. The zero-order valence-corrected chi connectivity index (χ0v) is 15.8. The van der Waals surface area contributed by atoms with Crippen molar-refractivity contribution in [3.05, 3.63) is 30.1 Å². The molecule has 0 amide bonds. The Hall–Kier alpha value is -1.47. The molecule has 2 aromatic rings. The third kappa shape index (κ3) is 2.24. The SMILES string of the molecule is c1ccc2c(c1)nc1n2[C@@]2(N3CCOCC3)CCC[C@@H]2[C@@H]1N1CCOCC1. The van der Waals surface area contributed by atoms with Crippen LogP contribution in [0, 0.1) is 5.92 Å². The minimum Gasteiger partial charge on any atom is -0.379 e. The number of hydrogen-bond donors (Lipinski definition) is 0. The van der Waals surface area contributed by atoms with E-state index in [0.29, 0.717) is 12.0 Å². The van der Waals surface area contributed by atoms with Crippen LogP contribution in [-0.2, 0) is 15.1 Å². The maximum absolute atomic E-state index is 5.71. The lowest BCUT2D eigenvalue weighted by Crippen LogP contribution is -2.55. The quantitative estimate of drug-likeness (QED) is 0.813. The van der Waals surface area contributed by atoms with E-state index < -0.39 is 0 Å². The smallest absolute Gasteiger partial charge is 0.129 e. The van der Waals surface area contributed by atoms with Crippen LogP contribution in [0.2, 0.25) is 0 Å². The predicted molar refractivity (Wildman–Crippen MR) is 103 cm³/mol. The summed E-state index contributed by atoms with van der Waals surface area (Å²) in [6.07, 6.45) is 3.82. The number of hydrogen-bond acceptors (Lipinski definition) is 5. The van der Waals surface area contributed by atoms with Gasteiger partial charge in [-0.2, -0.15) is 0 Å². The molecule has 2 saturated heterocycles. The maximum Gasteiger partial charge on any atom is 0.129 e. The average Bonchev–Trinajstić information content (AvgIpc) is 3.38. The Balaban J connectivity index is 1.55. The predicted octanol–water partition coefficient (Wildman–Crippen LogP) is 2.21. The van der Waals surface area contributed by atoms with E-state index >= 15 is 0 Å². The first-order valence-electron chi connectivity index (χ1n) is 10.5. The van der Waals surface area contributed by atoms with Crippen molar-refractivity contribution in [1.82, 2.24) is 19.4 Å². The van der Waals surface area contributed by atoms with Crippen LogP contribution in [0.1, 0.15) is 31.1 Å². The summed E-state index contributed by atoms with van der Waals surface area (Å²) in [6, 6.07) is 9.13. The standard InChI is InChI=1S/C21H28N4O2/c1-2-6-18-17(5-1)22-20-19(23-8-12-26-13-9-23)16-4-3-7-21(16,25(18)20)24-10-14-27-15-11-24/h1-2,5-6,16,19H,3-4,7-15H2/t16-,19+,21+/m1/s1. The number of rotatable bonds is 2.